The Balaban J connectivity index is 2.17. The van der Waals surface area contributed by atoms with Crippen molar-refractivity contribution in [3.05, 3.63) is 17.7 Å². The molecule has 0 bridgehead atoms. The summed E-state index contributed by atoms with van der Waals surface area (Å²) >= 11 is 0. The Kier molecular flexibility index (Phi) is 3.97. The second kappa shape index (κ2) is 5.53. The predicted molar refractivity (Wildman–Crippen MR) is 64.3 cm³/mol. The standard InChI is InChI=1S/C10H14FN5O4/c11-5-6(18)4(2-17)20-7(5)3-1-14-8(15-3)9(19)16-10(12)13/h1,4-7,17-18H,2H2,(H,14,15)(H4,12,13,16,19)/t4-,5-,6-,7+/m1/s1. The normalized spacial score (nSPS) is 29.4. The van der Waals surface area contributed by atoms with E-state index < -0.39 is 43.0 Å². The lowest BCUT2D eigenvalue weighted by atomic mass is 10.1. The van der Waals surface area contributed by atoms with Crippen LogP contribution in [0.4, 0.5) is 4.39 Å². The molecule has 0 saturated carbocycles. The van der Waals surface area contributed by atoms with E-state index >= 15 is 0 Å². The fourth-order valence-electron chi connectivity index (χ4n) is 1.88. The number of rotatable bonds is 3. The molecular weight excluding hydrogens is 273 g/mol. The molecule has 1 fully saturated rings. The highest BCUT2D eigenvalue weighted by Gasteiger charge is 2.45. The number of H-pyrrole nitrogens is 1. The maximum absolute atomic E-state index is 13.8. The van der Waals surface area contributed by atoms with E-state index in [0.717, 1.165) is 0 Å². The van der Waals surface area contributed by atoms with Gasteiger partial charge >= 0.3 is 5.91 Å². The molecule has 1 aliphatic heterocycles. The Labute approximate surface area is 112 Å². The van der Waals surface area contributed by atoms with Crippen LogP contribution in [0.25, 0.3) is 0 Å². The van der Waals surface area contributed by atoms with Crippen LogP contribution in [0.5, 0.6) is 0 Å². The van der Waals surface area contributed by atoms with Gasteiger partial charge in [0.15, 0.2) is 18.0 Å². The van der Waals surface area contributed by atoms with Crippen molar-refractivity contribution in [1.29, 1.82) is 0 Å². The summed E-state index contributed by atoms with van der Waals surface area (Å²) in [7, 11) is 0. The summed E-state index contributed by atoms with van der Waals surface area (Å²) in [4.78, 5) is 21.0. The van der Waals surface area contributed by atoms with Crippen molar-refractivity contribution in [2.45, 2.75) is 24.5 Å². The highest BCUT2D eigenvalue weighted by molar-refractivity contribution is 5.99. The van der Waals surface area contributed by atoms with E-state index in [1.54, 1.807) is 0 Å². The Morgan fingerprint density at radius 3 is 2.85 bits per heavy atom. The lowest BCUT2D eigenvalue weighted by Crippen LogP contribution is -2.30. The van der Waals surface area contributed by atoms with Crippen molar-refractivity contribution in [2.75, 3.05) is 6.61 Å². The van der Waals surface area contributed by atoms with Gasteiger partial charge in [-0.25, -0.2) is 9.37 Å². The Morgan fingerprint density at radius 2 is 2.30 bits per heavy atom. The maximum Gasteiger partial charge on any atom is 0.315 e. The van der Waals surface area contributed by atoms with E-state index in [0.29, 0.717) is 0 Å². The third-order valence-corrected chi connectivity index (χ3v) is 2.83. The highest BCUT2D eigenvalue weighted by atomic mass is 19.1. The SMILES string of the molecule is NC(N)=NC(=O)c1ncc([C@@H]2O[C@H](CO)[C@@H](O)[C@H]2F)[nH]1. The van der Waals surface area contributed by atoms with E-state index in [-0.39, 0.29) is 11.5 Å². The molecule has 1 saturated heterocycles. The minimum atomic E-state index is -1.75. The maximum atomic E-state index is 13.8. The first-order valence-electron chi connectivity index (χ1n) is 5.71. The van der Waals surface area contributed by atoms with Crippen LogP contribution < -0.4 is 11.5 Å². The summed E-state index contributed by atoms with van der Waals surface area (Å²) in [5.41, 5.74) is 10.3. The molecule has 0 radical (unpaired) electrons. The molecule has 7 N–H and O–H groups in total. The van der Waals surface area contributed by atoms with Crippen molar-refractivity contribution < 1.29 is 24.1 Å². The first-order chi connectivity index (χ1) is 9.43. The quantitative estimate of drug-likeness (QED) is 0.316. The molecule has 1 aromatic heterocycles. The van der Waals surface area contributed by atoms with Crippen LogP contribution in [-0.2, 0) is 4.74 Å². The second-order valence-corrected chi connectivity index (χ2v) is 4.24. The molecule has 0 aliphatic carbocycles. The molecule has 2 heterocycles. The van der Waals surface area contributed by atoms with Gasteiger partial charge in [0, 0.05) is 0 Å². The minimum Gasteiger partial charge on any atom is -0.394 e. The molecule has 10 heteroatoms. The number of hydrogen-bond donors (Lipinski definition) is 5. The summed E-state index contributed by atoms with van der Waals surface area (Å²) in [6, 6.07) is 0. The van der Waals surface area contributed by atoms with E-state index in [4.69, 9.17) is 21.3 Å². The van der Waals surface area contributed by atoms with Crippen LogP contribution in [0.2, 0.25) is 0 Å². The van der Waals surface area contributed by atoms with Crippen LogP contribution in [-0.4, -0.2) is 57.0 Å². The zero-order valence-electron chi connectivity index (χ0n) is 10.2. The fraction of sp³-hybridized carbons (Fsp3) is 0.500. The average Bonchev–Trinajstić information content (AvgIpc) is 2.96. The Hall–Kier alpha value is -2.04. The van der Waals surface area contributed by atoms with Gasteiger partial charge in [0.1, 0.15) is 18.3 Å². The number of alkyl halides is 1. The molecule has 0 spiro atoms. The van der Waals surface area contributed by atoms with E-state index in [9.17, 15) is 14.3 Å². The summed E-state index contributed by atoms with van der Waals surface area (Å²) in [5, 5.41) is 18.4. The van der Waals surface area contributed by atoms with Gasteiger partial charge in [0.05, 0.1) is 18.5 Å². The highest BCUT2D eigenvalue weighted by Crippen LogP contribution is 2.34. The molecule has 9 nitrogen and oxygen atoms in total. The number of hydrogen-bond acceptors (Lipinski definition) is 5. The number of aromatic amines is 1. The van der Waals surface area contributed by atoms with Gasteiger partial charge in [-0.15, -0.1) is 0 Å². The number of amides is 1. The van der Waals surface area contributed by atoms with Crippen molar-refractivity contribution >= 4 is 11.9 Å². The van der Waals surface area contributed by atoms with Crippen LogP contribution in [0, 0.1) is 0 Å². The number of carbonyl (C=O) groups is 1. The van der Waals surface area contributed by atoms with Crippen LogP contribution in [0.1, 0.15) is 22.4 Å². The number of carbonyl (C=O) groups excluding carboxylic acids is 1. The van der Waals surface area contributed by atoms with E-state index in [1.165, 1.54) is 6.20 Å². The van der Waals surface area contributed by atoms with Crippen molar-refractivity contribution in [1.82, 2.24) is 9.97 Å². The summed E-state index contributed by atoms with van der Waals surface area (Å²) in [6.07, 6.45) is -4.21. The van der Waals surface area contributed by atoms with Crippen LogP contribution >= 0.6 is 0 Å². The van der Waals surface area contributed by atoms with Gasteiger partial charge < -0.3 is 31.4 Å². The number of nitrogens with zero attached hydrogens (tertiary/aromatic N) is 2. The second-order valence-electron chi connectivity index (χ2n) is 4.24. The largest absolute Gasteiger partial charge is 0.394 e. The molecule has 0 aromatic carbocycles. The number of nitrogens with two attached hydrogens (primary N) is 2. The average molecular weight is 287 g/mol. The van der Waals surface area contributed by atoms with E-state index in [1.807, 2.05) is 0 Å². The Bertz CT molecular complexity index is 529. The molecule has 1 amide bonds. The van der Waals surface area contributed by atoms with Crippen molar-refractivity contribution in [2.24, 2.45) is 16.5 Å². The Morgan fingerprint density at radius 1 is 1.60 bits per heavy atom. The fourth-order valence-corrected chi connectivity index (χ4v) is 1.88. The monoisotopic (exact) mass is 287 g/mol. The summed E-state index contributed by atoms with van der Waals surface area (Å²) < 4.78 is 19.0. The van der Waals surface area contributed by atoms with Crippen LogP contribution in [0.15, 0.2) is 11.2 Å². The van der Waals surface area contributed by atoms with Gasteiger partial charge in [-0.2, -0.15) is 4.99 Å². The third kappa shape index (κ3) is 2.61. The lowest BCUT2D eigenvalue weighted by Gasteiger charge is -2.10. The topological polar surface area (TPSA) is 160 Å². The molecule has 1 aliphatic rings. The molecule has 4 atom stereocenters. The van der Waals surface area contributed by atoms with Gasteiger partial charge in [0.2, 0.25) is 0 Å². The molecule has 1 aromatic rings. The minimum absolute atomic E-state index is 0.140. The number of imidazole rings is 1. The number of aliphatic hydroxyl groups is 2. The summed E-state index contributed by atoms with van der Waals surface area (Å²) in [5.74, 6) is -1.43. The molecule has 20 heavy (non-hydrogen) atoms. The molecule has 2 rings (SSSR count). The van der Waals surface area contributed by atoms with Gasteiger partial charge in [-0.05, 0) is 0 Å². The number of halogens is 1. The first-order valence-corrected chi connectivity index (χ1v) is 5.71. The zero-order valence-corrected chi connectivity index (χ0v) is 10.2. The number of aliphatic imine (C=N–C) groups is 1. The smallest absolute Gasteiger partial charge is 0.315 e. The first kappa shape index (κ1) is 14.4. The van der Waals surface area contributed by atoms with Crippen LogP contribution in [0.3, 0.4) is 0 Å². The zero-order chi connectivity index (χ0) is 14.9. The molecule has 0 unspecified atom stereocenters. The summed E-state index contributed by atoms with van der Waals surface area (Å²) in [6.45, 7) is -0.522. The van der Waals surface area contributed by atoms with Gasteiger partial charge in [0.25, 0.3) is 0 Å². The number of nitrogens with one attached hydrogen (secondary N) is 1. The molecule has 110 valence electrons. The number of aromatic nitrogens is 2. The lowest BCUT2D eigenvalue weighted by molar-refractivity contribution is -0.0236. The number of guanidine groups is 1. The third-order valence-electron chi connectivity index (χ3n) is 2.83. The van der Waals surface area contributed by atoms with Gasteiger partial charge in [-0.1, -0.05) is 0 Å². The number of ether oxygens (including phenoxy) is 1. The van der Waals surface area contributed by atoms with Crippen molar-refractivity contribution in [3.8, 4) is 0 Å². The van der Waals surface area contributed by atoms with Gasteiger partial charge in [-0.3, -0.25) is 4.79 Å². The predicted octanol–water partition coefficient (Wildman–Crippen LogP) is -2.05. The van der Waals surface area contributed by atoms with Crippen molar-refractivity contribution in [3.63, 3.8) is 0 Å². The van der Waals surface area contributed by atoms with E-state index in [2.05, 4.69) is 15.0 Å². The molecular formula is C10H14FN5O4. The number of aliphatic hydroxyl groups excluding tert-OH is 2.